The molecule has 0 aliphatic carbocycles. The molecule has 104 valence electrons. The second-order valence-corrected chi connectivity index (χ2v) is 4.96. The molecule has 1 N–H and O–H groups in total. The minimum atomic E-state index is 0.176. The molecule has 1 aromatic heterocycles. The summed E-state index contributed by atoms with van der Waals surface area (Å²) in [5.41, 5.74) is 3.19. The Hall–Kier alpha value is -2.23. The Morgan fingerprint density at radius 3 is 2.65 bits per heavy atom. The smallest absolute Gasteiger partial charge is 0.161 e. The van der Waals surface area contributed by atoms with Gasteiger partial charge in [0.2, 0.25) is 0 Å². The molecule has 1 aromatic carbocycles. The van der Waals surface area contributed by atoms with Gasteiger partial charge in [0.05, 0.1) is 11.9 Å². The van der Waals surface area contributed by atoms with Gasteiger partial charge in [0.25, 0.3) is 0 Å². The number of pyridine rings is 1. The summed E-state index contributed by atoms with van der Waals surface area (Å²) in [4.78, 5) is 4.29. The van der Waals surface area contributed by atoms with E-state index in [1.807, 2.05) is 37.4 Å². The number of nitrogens with zero attached hydrogens (tertiary/aromatic N) is 1. The van der Waals surface area contributed by atoms with Gasteiger partial charge in [-0.3, -0.25) is 4.98 Å². The number of hydrogen-bond donors (Lipinski definition) is 1. The molecule has 4 heteroatoms. The summed E-state index contributed by atoms with van der Waals surface area (Å²) < 4.78 is 11.1. The van der Waals surface area contributed by atoms with E-state index >= 15 is 0 Å². The Morgan fingerprint density at radius 1 is 1.10 bits per heavy atom. The van der Waals surface area contributed by atoms with E-state index in [9.17, 15) is 0 Å². The number of nitrogens with one attached hydrogen (secondary N) is 1. The van der Waals surface area contributed by atoms with E-state index in [-0.39, 0.29) is 6.04 Å². The van der Waals surface area contributed by atoms with Crippen LogP contribution in [0.1, 0.15) is 24.2 Å². The van der Waals surface area contributed by atoms with E-state index in [0.717, 1.165) is 28.4 Å². The van der Waals surface area contributed by atoms with Crippen molar-refractivity contribution in [3.05, 3.63) is 47.8 Å². The normalized spacial score (nSPS) is 14.7. The maximum Gasteiger partial charge on any atom is 0.161 e. The molecule has 0 spiro atoms. The van der Waals surface area contributed by atoms with Crippen LogP contribution in [0.2, 0.25) is 0 Å². The molecule has 0 saturated heterocycles. The standard InChI is InChI=1S/C16H18N2O2/c1-11-3-5-14(10-17-11)18-12(2)13-4-6-15-16(9-13)20-8-7-19-15/h3-6,9-10,12,18H,7-8H2,1-2H3. The minimum Gasteiger partial charge on any atom is -0.486 e. The fraction of sp³-hybridized carbons (Fsp3) is 0.312. The highest BCUT2D eigenvalue weighted by atomic mass is 16.6. The average molecular weight is 270 g/mol. The number of aryl methyl sites for hydroxylation is 1. The molecule has 0 radical (unpaired) electrons. The fourth-order valence-corrected chi connectivity index (χ4v) is 2.22. The second-order valence-electron chi connectivity index (χ2n) is 4.96. The fourth-order valence-electron chi connectivity index (χ4n) is 2.22. The number of fused-ring (bicyclic) bond motifs is 1. The lowest BCUT2D eigenvalue weighted by Gasteiger charge is -2.21. The maximum absolute atomic E-state index is 5.62. The van der Waals surface area contributed by atoms with E-state index in [0.29, 0.717) is 13.2 Å². The molecule has 3 rings (SSSR count). The lowest BCUT2D eigenvalue weighted by molar-refractivity contribution is 0.171. The number of ether oxygens (including phenoxy) is 2. The van der Waals surface area contributed by atoms with E-state index in [1.54, 1.807) is 0 Å². The van der Waals surface area contributed by atoms with Gasteiger partial charge in [-0.25, -0.2) is 0 Å². The Morgan fingerprint density at radius 2 is 1.90 bits per heavy atom. The molecular formula is C16H18N2O2. The zero-order valence-electron chi connectivity index (χ0n) is 11.7. The quantitative estimate of drug-likeness (QED) is 0.929. The van der Waals surface area contributed by atoms with Crippen LogP contribution in [-0.2, 0) is 0 Å². The molecule has 20 heavy (non-hydrogen) atoms. The van der Waals surface area contributed by atoms with Crippen LogP contribution in [0, 0.1) is 6.92 Å². The summed E-state index contributed by atoms with van der Waals surface area (Å²) >= 11 is 0. The Kier molecular flexibility index (Phi) is 3.46. The van der Waals surface area contributed by atoms with E-state index in [4.69, 9.17) is 9.47 Å². The topological polar surface area (TPSA) is 43.4 Å². The molecule has 0 bridgehead atoms. The largest absolute Gasteiger partial charge is 0.486 e. The van der Waals surface area contributed by atoms with Crippen LogP contribution in [0.5, 0.6) is 11.5 Å². The highest BCUT2D eigenvalue weighted by Crippen LogP contribution is 2.33. The lowest BCUT2D eigenvalue weighted by Crippen LogP contribution is -2.16. The van der Waals surface area contributed by atoms with Crippen molar-refractivity contribution < 1.29 is 9.47 Å². The van der Waals surface area contributed by atoms with Crippen LogP contribution >= 0.6 is 0 Å². The first-order valence-corrected chi connectivity index (χ1v) is 6.81. The van der Waals surface area contributed by atoms with Crippen LogP contribution in [0.15, 0.2) is 36.5 Å². The van der Waals surface area contributed by atoms with E-state index in [2.05, 4.69) is 23.3 Å². The predicted molar refractivity (Wildman–Crippen MR) is 78.4 cm³/mol. The van der Waals surface area contributed by atoms with Gasteiger partial charge >= 0.3 is 0 Å². The van der Waals surface area contributed by atoms with Gasteiger partial charge in [0, 0.05) is 11.7 Å². The van der Waals surface area contributed by atoms with Crippen LogP contribution in [-0.4, -0.2) is 18.2 Å². The average Bonchev–Trinajstić information content (AvgIpc) is 2.49. The van der Waals surface area contributed by atoms with Gasteiger partial charge in [-0.05, 0) is 43.7 Å². The molecule has 2 heterocycles. The monoisotopic (exact) mass is 270 g/mol. The molecule has 0 amide bonds. The highest BCUT2D eigenvalue weighted by molar-refractivity contribution is 5.48. The van der Waals surface area contributed by atoms with Crippen molar-refractivity contribution in [3.63, 3.8) is 0 Å². The van der Waals surface area contributed by atoms with Crippen molar-refractivity contribution in [3.8, 4) is 11.5 Å². The maximum atomic E-state index is 5.62. The highest BCUT2D eigenvalue weighted by Gasteiger charge is 2.14. The van der Waals surface area contributed by atoms with Gasteiger partial charge in [-0.2, -0.15) is 0 Å². The zero-order valence-corrected chi connectivity index (χ0v) is 11.7. The van der Waals surface area contributed by atoms with E-state index < -0.39 is 0 Å². The van der Waals surface area contributed by atoms with Crippen molar-refractivity contribution in [2.45, 2.75) is 19.9 Å². The van der Waals surface area contributed by atoms with Crippen molar-refractivity contribution in [2.75, 3.05) is 18.5 Å². The molecule has 4 nitrogen and oxygen atoms in total. The van der Waals surface area contributed by atoms with Gasteiger partial charge in [-0.15, -0.1) is 0 Å². The number of anilines is 1. The summed E-state index contributed by atoms with van der Waals surface area (Å²) in [5.74, 6) is 1.65. The number of hydrogen-bond acceptors (Lipinski definition) is 4. The Bertz CT molecular complexity index is 596. The first-order chi connectivity index (χ1) is 9.72. The molecule has 1 aliphatic rings. The summed E-state index contributed by atoms with van der Waals surface area (Å²) in [6.45, 7) is 5.33. The molecule has 0 fully saturated rings. The van der Waals surface area contributed by atoms with Crippen LogP contribution in [0.4, 0.5) is 5.69 Å². The van der Waals surface area contributed by atoms with Crippen LogP contribution in [0.3, 0.4) is 0 Å². The van der Waals surface area contributed by atoms with Crippen LogP contribution < -0.4 is 14.8 Å². The van der Waals surface area contributed by atoms with E-state index in [1.165, 1.54) is 0 Å². The third-order valence-corrected chi connectivity index (χ3v) is 3.36. The first kappa shape index (κ1) is 12.8. The van der Waals surface area contributed by atoms with Gasteiger partial charge in [-0.1, -0.05) is 6.07 Å². The molecule has 1 aliphatic heterocycles. The second kappa shape index (κ2) is 5.41. The van der Waals surface area contributed by atoms with Crippen LogP contribution in [0.25, 0.3) is 0 Å². The van der Waals surface area contributed by atoms with Crippen molar-refractivity contribution in [1.82, 2.24) is 4.98 Å². The molecule has 1 unspecified atom stereocenters. The summed E-state index contributed by atoms with van der Waals surface area (Å²) in [6.07, 6.45) is 1.85. The van der Waals surface area contributed by atoms with Crippen molar-refractivity contribution >= 4 is 5.69 Å². The number of rotatable bonds is 3. The summed E-state index contributed by atoms with van der Waals surface area (Å²) in [7, 11) is 0. The third-order valence-electron chi connectivity index (χ3n) is 3.36. The van der Waals surface area contributed by atoms with Crippen molar-refractivity contribution in [1.29, 1.82) is 0 Å². The first-order valence-electron chi connectivity index (χ1n) is 6.81. The minimum absolute atomic E-state index is 0.176. The SMILES string of the molecule is Cc1ccc(NC(C)c2ccc3c(c2)OCCO3)cn1. The number of aromatic nitrogens is 1. The van der Waals surface area contributed by atoms with Gasteiger partial charge < -0.3 is 14.8 Å². The predicted octanol–water partition coefficient (Wildman–Crippen LogP) is 3.33. The Balaban J connectivity index is 1.76. The third kappa shape index (κ3) is 2.69. The molecule has 1 atom stereocenters. The molecular weight excluding hydrogens is 252 g/mol. The zero-order chi connectivity index (χ0) is 13.9. The molecule has 2 aromatic rings. The van der Waals surface area contributed by atoms with Gasteiger partial charge in [0.1, 0.15) is 13.2 Å². The molecule has 0 saturated carbocycles. The summed E-state index contributed by atoms with van der Waals surface area (Å²) in [6, 6.07) is 10.3. The Labute approximate surface area is 118 Å². The summed E-state index contributed by atoms with van der Waals surface area (Å²) in [5, 5.41) is 3.43. The van der Waals surface area contributed by atoms with Crippen molar-refractivity contribution in [2.24, 2.45) is 0 Å². The van der Waals surface area contributed by atoms with Gasteiger partial charge in [0.15, 0.2) is 11.5 Å². The number of benzene rings is 1. The lowest BCUT2D eigenvalue weighted by atomic mass is 10.1.